The predicted octanol–water partition coefficient (Wildman–Crippen LogP) is 0.0782. The van der Waals surface area contributed by atoms with Crippen LogP contribution < -0.4 is 5.32 Å². The first-order valence-corrected chi connectivity index (χ1v) is 6.96. The first-order valence-electron chi connectivity index (χ1n) is 6.96. The molecule has 2 heterocycles. The van der Waals surface area contributed by atoms with E-state index in [1.54, 1.807) is 0 Å². The molecule has 2 aliphatic rings. The number of carboxylic acid groups (broad SMARTS) is 1. The van der Waals surface area contributed by atoms with E-state index in [1.807, 2.05) is 4.90 Å². The molecule has 2 atom stereocenters. The van der Waals surface area contributed by atoms with Crippen molar-refractivity contribution in [1.82, 2.24) is 10.2 Å². The predicted molar refractivity (Wildman–Crippen MR) is 68.8 cm³/mol. The van der Waals surface area contributed by atoms with Crippen molar-refractivity contribution in [3.05, 3.63) is 0 Å². The van der Waals surface area contributed by atoms with Gasteiger partial charge < -0.3 is 20.1 Å². The summed E-state index contributed by atoms with van der Waals surface area (Å²) in [7, 11) is 0. The zero-order valence-electron chi connectivity index (χ0n) is 11.1. The van der Waals surface area contributed by atoms with E-state index in [4.69, 9.17) is 9.84 Å². The van der Waals surface area contributed by atoms with Crippen LogP contribution in [0, 0.1) is 5.92 Å². The minimum absolute atomic E-state index is 0.124. The molecule has 0 bridgehead atoms. The van der Waals surface area contributed by atoms with Gasteiger partial charge in [0.05, 0.1) is 13.2 Å². The summed E-state index contributed by atoms with van der Waals surface area (Å²) in [5.41, 5.74) is 0. The summed E-state index contributed by atoms with van der Waals surface area (Å²) in [6.45, 7) is 3.59. The lowest BCUT2D eigenvalue weighted by Crippen LogP contribution is -2.44. The Morgan fingerprint density at radius 2 is 2.26 bits per heavy atom. The van der Waals surface area contributed by atoms with Gasteiger partial charge in [-0.15, -0.1) is 0 Å². The van der Waals surface area contributed by atoms with Crippen molar-refractivity contribution in [2.75, 3.05) is 32.8 Å². The SMILES string of the molecule is O=C(O)CCC1CCN(C(=O)CC2COCCN2)C1. The molecule has 19 heavy (non-hydrogen) atoms. The van der Waals surface area contributed by atoms with Crippen molar-refractivity contribution >= 4 is 11.9 Å². The van der Waals surface area contributed by atoms with Gasteiger partial charge in [-0.1, -0.05) is 0 Å². The molecule has 0 aromatic carbocycles. The lowest BCUT2D eigenvalue weighted by molar-refractivity contribution is -0.137. The lowest BCUT2D eigenvalue weighted by atomic mass is 10.0. The van der Waals surface area contributed by atoms with E-state index in [9.17, 15) is 9.59 Å². The Balaban J connectivity index is 1.70. The maximum absolute atomic E-state index is 12.1. The molecule has 6 heteroatoms. The standard InChI is InChI=1S/C13H22N2O4/c16-12(7-11-9-19-6-4-14-11)15-5-3-10(8-15)1-2-13(17)18/h10-11,14H,1-9H2,(H,17,18). The summed E-state index contributed by atoms with van der Waals surface area (Å²) in [6.07, 6.45) is 2.27. The number of nitrogens with one attached hydrogen (secondary N) is 1. The third-order valence-electron chi connectivity index (χ3n) is 3.82. The van der Waals surface area contributed by atoms with Crippen LogP contribution in [0.15, 0.2) is 0 Å². The number of aliphatic carboxylic acids is 1. The Hall–Kier alpha value is -1.14. The minimum Gasteiger partial charge on any atom is -0.481 e. The smallest absolute Gasteiger partial charge is 0.303 e. The van der Waals surface area contributed by atoms with Gasteiger partial charge in [0.2, 0.25) is 5.91 Å². The highest BCUT2D eigenvalue weighted by molar-refractivity contribution is 5.77. The normalized spacial score (nSPS) is 27.5. The van der Waals surface area contributed by atoms with Crippen molar-refractivity contribution in [1.29, 1.82) is 0 Å². The number of hydrogen-bond acceptors (Lipinski definition) is 4. The fourth-order valence-corrected chi connectivity index (χ4v) is 2.71. The maximum atomic E-state index is 12.1. The molecule has 2 saturated heterocycles. The van der Waals surface area contributed by atoms with Crippen LogP contribution in [0.3, 0.4) is 0 Å². The highest BCUT2D eigenvalue weighted by Gasteiger charge is 2.28. The fourth-order valence-electron chi connectivity index (χ4n) is 2.71. The molecule has 0 aromatic heterocycles. The largest absolute Gasteiger partial charge is 0.481 e. The molecule has 6 nitrogen and oxygen atoms in total. The number of ether oxygens (including phenoxy) is 1. The summed E-state index contributed by atoms with van der Waals surface area (Å²) < 4.78 is 5.33. The van der Waals surface area contributed by atoms with Crippen LogP contribution in [-0.2, 0) is 14.3 Å². The summed E-state index contributed by atoms with van der Waals surface area (Å²) in [6, 6.07) is 0.124. The van der Waals surface area contributed by atoms with Crippen LogP contribution in [0.25, 0.3) is 0 Å². The second-order valence-corrected chi connectivity index (χ2v) is 5.36. The van der Waals surface area contributed by atoms with Crippen LogP contribution in [-0.4, -0.2) is 60.8 Å². The second kappa shape index (κ2) is 6.86. The van der Waals surface area contributed by atoms with Gasteiger partial charge in [-0.3, -0.25) is 9.59 Å². The van der Waals surface area contributed by atoms with E-state index < -0.39 is 5.97 Å². The van der Waals surface area contributed by atoms with Crippen LogP contribution >= 0.6 is 0 Å². The van der Waals surface area contributed by atoms with Gasteiger partial charge >= 0.3 is 5.97 Å². The monoisotopic (exact) mass is 270 g/mol. The average molecular weight is 270 g/mol. The quantitative estimate of drug-likeness (QED) is 0.739. The van der Waals surface area contributed by atoms with Crippen LogP contribution in [0.5, 0.6) is 0 Å². The Labute approximate surface area is 113 Å². The van der Waals surface area contributed by atoms with E-state index >= 15 is 0 Å². The number of carbonyl (C=O) groups excluding carboxylic acids is 1. The molecule has 2 fully saturated rings. The van der Waals surface area contributed by atoms with E-state index in [2.05, 4.69) is 5.32 Å². The first-order chi connectivity index (χ1) is 9.15. The Morgan fingerprint density at radius 3 is 2.95 bits per heavy atom. The highest BCUT2D eigenvalue weighted by Crippen LogP contribution is 2.22. The zero-order chi connectivity index (χ0) is 13.7. The van der Waals surface area contributed by atoms with Crippen LogP contribution in [0.4, 0.5) is 0 Å². The van der Waals surface area contributed by atoms with E-state index in [1.165, 1.54) is 0 Å². The van der Waals surface area contributed by atoms with Crippen molar-refractivity contribution in [3.63, 3.8) is 0 Å². The molecular weight excluding hydrogens is 248 g/mol. The van der Waals surface area contributed by atoms with Crippen LogP contribution in [0.1, 0.15) is 25.7 Å². The molecule has 0 saturated carbocycles. The van der Waals surface area contributed by atoms with Crippen LogP contribution in [0.2, 0.25) is 0 Å². The molecule has 1 amide bonds. The number of likely N-dealkylation sites (tertiary alicyclic amines) is 1. The minimum atomic E-state index is -0.756. The summed E-state index contributed by atoms with van der Waals surface area (Å²) in [5.74, 6) is -0.259. The number of hydrogen-bond donors (Lipinski definition) is 2. The molecule has 108 valence electrons. The Bertz CT molecular complexity index is 329. The number of nitrogens with zero attached hydrogens (tertiary/aromatic N) is 1. The maximum Gasteiger partial charge on any atom is 0.303 e. The second-order valence-electron chi connectivity index (χ2n) is 5.36. The van der Waals surface area contributed by atoms with Gasteiger partial charge in [0.15, 0.2) is 0 Å². The summed E-state index contributed by atoms with van der Waals surface area (Å²) >= 11 is 0. The molecule has 2 unspecified atom stereocenters. The van der Waals surface area contributed by atoms with E-state index in [-0.39, 0.29) is 18.4 Å². The van der Waals surface area contributed by atoms with Gasteiger partial charge in [-0.05, 0) is 18.8 Å². The Kier molecular flexibility index (Phi) is 5.15. The van der Waals surface area contributed by atoms with Crippen molar-refractivity contribution < 1.29 is 19.4 Å². The molecular formula is C13H22N2O4. The molecule has 2 aliphatic heterocycles. The van der Waals surface area contributed by atoms with E-state index in [0.717, 1.165) is 19.5 Å². The van der Waals surface area contributed by atoms with Gasteiger partial charge in [-0.2, -0.15) is 0 Å². The highest BCUT2D eigenvalue weighted by atomic mass is 16.5. The lowest BCUT2D eigenvalue weighted by Gasteiger charge is -2.25. The molecule has 0 aromatic rings. The molecule has 0 spiro atoms. The van der Waals surface area contributed by atoms with E-state index in [0.29, 0.717) is 38.5 Å². The third-order valence-corrected chi connectivity index (χ3v) is 3.82. The molecule has 2 rings (SSSR count). The summed E-state index contributed by atoms with van der Waals surface area (Å²) in [5, 5.41) is 11.9. The van der Waals surface area contributed by atoms with Gasteiger partial charge in [0, 0.05) is 38.5 Å². The number of carbonyl (C=O) groups is 2. The zero-order valence-corrected chi connectivity index (χ0v) is 11.1. The third kappa shape index (κ3) is 4.47. The number of morpholine rings is 1. The molecule has 2 N–H and O–H groups in total. The number of carboxylic acids is 1. The van der Waals surface area contributed by atoms with Crippen molar-refractivity contribution in [2.45, 2.75) is 31.7 Å². The first kappa shape index (κ1) is 14.3. The summed E-state index contributed by atoms with van der Waals surface area (Å²) in [4.78, 5) is 24.5. The Morgan fingerprint density at radius 1 is 1.42 bits per heavy atom. The number of rotatable bonds is 5. The van der Waals surface area contributed by atoms with Gasteiger partial charge in [-0.25, -0.2) is 0 Å². The van der Waals surface area contributed by atoms with Gasteiger partial charge in [0.1, 0.15) is 0 Å². The van der Waals surface area contributed by atoms with Gasteiger partial charge in [0.25, 0.3) is 0 Å². The number of amides is 1. The fraction of sp³-hybridized carbons (Fsp3) is 0.846. The molecule has 0 aliphatic carbocycles. The average Bonchev–Trinajstić information content (AvgIpc) is 2.86. The molecule has 0 radical (unpaired) electrons. The van der Waals surface area contributed by atoms with Crippen molar-refractivity contribution in [2.24, 2.45) is 5.92 Å². The topological polar surface area (TPSA) is 78.9 Å². The van der Waals surface area contributed by atoms with Crippen molar-refractivity contribution in [3.8, 4) is 0 Å².